The van der Waals surface area contributed by atoms with Crippen molar-refractivity contribution in [3.05, 3.63) is 64.9 Å². The number of carbonyl (C=O) groups excluding carboxylic acids is 2. The molecule has 2 aromatic rings. The van der Waals surface area contributed by atoms with Crippen molar-refractivity contribution >= 4 is 35.2 Å². The molecule has 2 rings (SSSR count). The smallest absolute Gasteiger partial charge is 0.242 e. The second-order valence-electron chi connectivity index (χ2n) is 6.32. The number of hydrogen-bond acceptors (Lipinski definition) is 3. The van der Waals surface area contributed by atoms with E-state index in [1.54, 1.807) is 37.3 Å². The second kappa shape index (κ2) is 11.1. The molecule has 7 heteroatoms. The predicted octanol–water partition coefficient (Wildman–Crippen LogP) is 4.51. The lowest BCUT2D eigenvalue weighted by Gasteiger charge is -2.29. The summed E-state index contributed by atoms with van der Waals surface area (Å²) in [6.07, 6.45) is 0.798. The number of carbonyl (C=O) groups is 2. The largest absolute Gasteiger partial charge is 0.354 e. The van der Waals surface area contributed by atoms with E-state index in [9.17, 15) is 14.0 Å². The number of thioether (sulfide) groups is 1. The third kappa shape index (κ3) is 6.53. The zero-order chi connectivity index (χ0) is 20.5. The van der Waals surface area contributed by atoms with Gasteiger partial charge in [0.05, 0.1) is 5.75 Å². The van der Waals surface area contributed by atoms with Gasteiger partial charge in [-0.15, -0.1) is 11.8 Å². The van der Waals surface area contributed by atoms with E-state index in [1.165, 1.54) is 22.7 Å². The molecular weight excluding hydrogens is 399 g/mol. The van der Waals surface area contributed by atoms with Crippen LogP contribution in [0.4, 0.5) is 4.39 Å². The van der Waals surface area contributed by atoms with Gasteiger partial charge in [0.15, 0.2) is 0 Å². The molecule has 0 aliphatic rings. The first-order valence-electron chi connectivity index (χ1n) is 9.11. The van der Waals surface area contributed by atoms with Gasteiger partial charge in [0, 0.05) is 28.6 Å². The van der Waals surface area contributed by atoms with Crippen molar-refractivity contribution in [2.45, 2.75) is 37.8 Å². The molecule has 2 amide bonds. The van der Waals surface area contributed by atoms with Crippen molar-refractivity contribution in [2.24, 2.45) is 0 Å². The van der Waals surface area contributed by atoms with Crippen molar-refractivity contribution < 1.29 is 14.0 Å². The zero-order valence-electron chi connectivity index (χ0n) is 16.0. The highest BCUT2D eigenvalue weighted by Crippen LogP contribution is 2.22. The van der Waals surface area contributed by atoms with Crippen LogP contribution >= 0.6 is 23.4 Å². The molecule has 0 spiro atoms. The Balaban J connectivity index is 2.13. The maximum atomic E-state index is 14.1. The Bertz CT molecular complexity index is 801. The van der Waals surface area contributed by atoms with Crippen LogP contribution in [0.2, 0.25) is 5.02 Å². The van der Waals surface area contributed by atoms with E-state index < -0.39 is 11.9 Å². The van der Waals surface area contributed by atoms with Crippen molar-refractivity contribution in [1.29, 1.82) is 0 Å². The van der Waals surface area contributed by atoms with Gasteiger partial charge in [0.1, 0.15) is 11.9 Å². The summed E-state index contributed by atoms with van der Waals surface area (Å²) in [6, 6.07) is 12.8. The molecule has 4 nitrogen and oxygen atoms in total. The Morgan fingerprint density at radius 2 is 1.86 bits per heavy atom. The minimum Gasteiger partial charge on any atom is -0.354 e. The fraction of sp³-hybridized carbons (Fsp3) is 0.333. The lowest BCUT2D eigenvalue weighted by atomic mass is 10.1. The molecule has 1 N–H and O–H groups in total. The highest BCUT2D eigenvalue weighted by molar-refractivity contribution is 8.00. The van der Waals surface area contributed by atoms with Gasteiger partial charge in [-0.25, -0.2) is 4.39 Å². The summed E-state index contributed by atoms with van der Waals surface area (Å²) in [5.41, 5.74) is 0.377. The first-order chi connectivity index (χ1) is 13.4. The van der Waals surface area contributed by atoms with Crippen LogP contribution in [0, 0.1) is 5.82 Å². The fourth-order valence-corrected chi connectivity index (χ4v) is 3.46. The van der Waals surface area contributed by atoms with Crippen molar-refractivity contribution in [2.75, 3.05) is 12.3 Å². The monoisotopic (exact) mass is 422 g/mol. The van der Waals surface area contributed by atoms with Crippen molar-refractivity contribution in [3.63, 3.8) is 0 Å². The number of benzene rings is 2. The molecular formula is C21H24ClFN2O2S. The van der Waals surface area contributed by atoms with Crippen LogP contribution in [-0.4, -0.2) is 35.1 Å². The molecule has 1 atom stereocenters. The van der Waals surface area contributed by atoms with Crippen LogP contribution < -0.4 is 5.32 Å². The molecule has 0 saturated heterocycles. The van der Waals surface area contributed by atoms with Gasteiger partial charge in [-0.1, -0.05) is 36.7 Å². The summed E-state index contributed by atoms with van der Waals surface area (Å²) < 4.78 is 14.1. The standard InChI is InChI=1S/C21H24ClFN2O2S/c1-3-12-24-21(27)15(2)25(13-16-6-4-5-7-19(16)23)20(26)14-28-18-10-8-17(22)9-11-18/h4-11,15H,3,12-14H2,1-2H3,(H,24,27)/t15-/m1/s1. The van der Waals surface area contributed by atoms with Gasteiger partial charge in [-0.05, 0) is 43.7 Å². The fourth-order valence-electron chi connectivity index (χ4n) is 2.55. The van der Waals surface area contributed by atoms with E-state index in [1.807, 2.05) is 19.1 Å². The third-order valence-electron chi connectivity index (χ3n) is 4.19. The summed E-state index contributed by atoms with van der Waals surface area (Å²) in [4.78, 5) is 27.6. The highest BCUT2D eigenvalue weighted by atomic mass is 35.5. The van der Waals surface area contributed by atoms with E-state index in [0.717, 1.165) is 11.3 Å². The molecule has 0 fully saturated rings. The van der Waals surface area contributed by atoms with Crippen LogP contribution in [0.15, 0.2) is 53.4 Å². The van der Waals surface area contributed by atoms with Crippen LogP contribution in [0.5, 0.6) is 0 Å². The summed E-state index contributed by atoms with van der Waals surface area (Å²) in [5, 5.41) is 3.42. The van der Waals surface area contributed by atoms with Crippen molar-refractivity contribution in [3.8, 4) is 0 Å². The SMILES string of the molecule is CCCNC(=O)[C@@H](C)N(Cc1ccccc1F)C(=O)CSc1ccc(Cl)cc1. The highest BCUT2D eigenvalue weighted by Gasteiger charge is 2.26. The molecule has 0 aliphatic heterocycles. The van der Waals surface area contributed by atoms with Gasteiger partial charge in [-0.3, -0.25) is 9.59 Å². The Morgan fingerprint density at radius 1 is 1.18 bits per heavy atom. The first kappa shape index (κ1) is 22.2. The Morgan fingerprint density at radius 3 is 2.50 bits per heavy atom. The van der Waals surface area contributed by atoms with E-state index in [0.29, 0.717) is 17.1 Å². The summed E-state index contributed by atoms with van der Waals surface area (Å²) in [6.45, 7) is 4.19. The van der Waals surface area contributed by atoms with E-state index in [-0.39, 0.29) is 24.1 Å². The quantitative estimate of drug-likeness (QED) is 0.604. The topological polar surface area (TPSA) is 49.4 Å². The molecule has 28 heavy (non-hydrogen) atoms. The molecule has 0 radical (unpaired) electrons. The Kier molecular flexibility index (Phi) is 8.80. The minimum atomic E-state index is -0.704. The Labute approximate surface area is 174 Å². The lowest BCUT2D eigenvalue weighted by molar-refractivity contribution is -0.138. The molecule has 0 unspecified atom stereocenters. The number of nitrogens with one attached hydrogen (secondary N) is 1. The van der Waals surface area contributed by atoms with Crippen LogP contribution in [0.25, 0.3) is 0 Å². The summed E-state index contributed by atoms with van der Waals surface area (Å²) in [7, 11) is 0. The minimum absolute atomic E-state index is 0.0351. The average molecular weight is 423 g/mol. The van der Waals surface area contributed by atoms with E-state index in [2.05, 4.69) is 5.32 Å². The van der Waals surface area contributed by atoms with Gasteiger partial charge >= 0.3 is 0 Å². The summed E-state index contributed by atoms with van der Waals surface area (Å²) in [5.74, 6) is -0.737. The number of nitrogens with zero attached hydrogens (tertiary/aromatic N) is 1. The normalized spacial score (nSPS) is 11.7. The molecule has 0 heterocycles. The molecule has 0 saturated carbocycles. The van der Waals surface area contributed by atoms with Crippen LogP contribution in [0.3, 0.4) is 0 Å². The first-order valence-corrected chi connectivity index (χ1v) is 10.5. The maximum absolute atomic E-state index is 14.1. The molecule has 0 bridgehead atoms. The number of hydrogen-bond donors (Lipinski definition) is 1. The number of halogens is 2. The number of rotatable bonds is 9. The second-order valence-corrected chi connectivity index (χ2v) is 7.81. The zero-order valence-corrected chi connectivity index (χ0v) is 17.5. The molecule has 0 aliphatic carbocycles. The summed E-state index contributed by atoms with van der Waals surface area (Å²) >= 11 is 7.24. The van der Waals surface area contributed by atoms with E-state index >= 15 is 0 Å². The predicted molar refractivity (Wildman–Crippen MR) is 112 cm³/mol. The van der Waals surface area contributed by atoms with Crippen LogP contribution in [-0.2, 0) is 16.1 Å². The Hall–Kier alpha value is -2.05. The van der Waals surface area contributed by atoms with Gasteiger partial charge in [0.2, 0.25) is 11.8 Å². The third-order valence-corrected chi connectivity index (χ3v) is 5.44. The van der Waals surface area contributed by atoms with Gasteiger partial charge < -0.3 is 10.2 Å². The average Bonchev–Trinajstić information content (AvgIpc) is 2.70. The van der Waals surface area contributed by atoms with Gasteiger partial charge in [-0.2, -0.15) is 0 Å². The van der Waals surface area contributed by atoms with Crippen molar-refractivity contribution in [1.82, 2.24) is 10.2 Å². The van der Waals surface area contributed by atoms with Gasteiger partial charge in [0.25, 0.3) is 0 Å². The van der Waals surface area contributed by atoms with E-state index in [4.69, 9.17) is 11.6 Å². The number of amides is 2. The van der Waals surface area contributed by atoms with Crippen LogP contribution in [0.1, 0.15) is 25.8 Å². The molecule has 2 aromatic carbocycles. The maximum Gasteiger partial charge on any atom is 0.242 e. The molecule has 0 aromatic heterocycles. The molecule has 150 valence electrons. The lowest BCUT2D eigenvalue weighted by Crippen LogP contribution is -2.48.